The van der Waals surface area contributed by atoms with Crippen LogP contribution in [-0.2, 0) is 11.2 Å². The Kier molecular flexibility index (Phi) is 5.05. The molecule has 0 spiro atoms. The second-order valence-electron chi connectivity index (χ2n) is 2.72. The van der Waals surface area contributed by atoms with Crippen molar-refractivity contribution in [3.8, 4) is 0 Å². The van der Waals surface area contributed by atoms with Gasteiger partial charge >= 0.3 is 0 Å². The Balaban J connectivity index is 2.28. The second kappa shape index (κ2) is 6.13. The van der Waals surface area contributed by atoms with E-state index in [0.29, 0.717) is 13.2 Å². The van der Waals surface area contributed by atoms with Crippen LogP contribution in [0.4, 0.5) is 0 Å². The maximum absolute atomic E-state index is 8.48. The standard InChI is InChI=1S/C10H13BrO2/c11-10-3-1-2-9(8-10)4-6-13-7-5-12/h1-3,8,12H,4-7H2. The van der Waals surface area contributed by atoms with Crippen LogP contribution in [0.15, 0.2) is 28.7 Å². The van der Waals surface area contributed by atoms with E-state index < -0.39 is 0 Å². The van der Waals surface area contributed by atoms with Gasteiger partial charge in [0, 0.05) is 4.47 Å². The number of aliphatic hydroxyl groups is 1. The predicted molar refractivity (Wildman–Crippen MR) is 55.8 cm³/mol. The summed E-state index contributed by atoms with van der Waals surface area (Å²) < 4.78 is 6.25. The van der Waals surface area contributed by atoms with Gasteiger partial charge in [-0.05, 0) is 24.1 Å². The SMILES string of the molecule is OCCOCCc1cccc(Br)c1. The van der Waals surface area contributed by atoms with Gasteiger partial charge in [-0.25, -0.2) is 0 Å². The second-order valence-corrected chi connectivity index (χ2v) is 3.63. The molecular weight excluding hydrogens is 232 g/mol. The van der Waals surface area contributed by atoms with Crippen LogP contribution in [0, 0.1) is 0 Å². The van der Waals surface area contributed by atoms with Gasteiger partial charge in [0.1, 0.15) is 0 Å². The first-order chi connectivity index (χ1) is 6.33. The van der Waals surface area contributed by atoms with Crippen molar-refractivity contribution in [2.75, 3.05) is 19.8 Å². The zero-order valence-electron chi connectivity index (χ0n) is 7.37. The maximum atomic E-state index is 8.48. The largest absolute Gasteiger partial charge is 0.394 e. The Morgan fingerprint density at radius 1 is 1.31 bits per heavy atom. The molecule has 0 aromatic heterocycles. The summed E-state index contributed by atoms with van der Waals surface area (Å²) in [6.45, 7) is 1.18. The van der Waals surface area contributed by atoms with E-state index >= 15 is 0 Å². The molecule has 0 radical (unpaired) electrons. The molecule has 72 valence electrons. The number of aliphatic hydroxyl groups excluding tert-OH is 1. The minimum atomic E-state index is 0.0957. The molecule has 0 saturated carbocycles. The summed E-state index contributed by atoms with van der Waals surface area (Å²) in [5.41, 5.74) is 1.24. The van der Waals surface area contributed by atoms with E-state index in [1.54, 1.807) is 0 Å². The monoisotopic (exact) mass is 244 g/mol. The van der Waals surface area contributed by atoms with Crippen molar-refractivity contribution < 1.29 is 9.84 Å². The van der Waals surface area contributed by atoms with Crippen LogP contribution in [-0.4, -0.2) is 24.9 Å². The third-order valence-corrected chi connectivity index (χ3v) is 2.15. The summed E-state index contributed by atoms with van der Waals surface area (Å²) in [6, 6.07) is 8.14. The normalized spacial score (nSPS) is 10.3. The van der Waals surface area contributed by atoms with E-state index in [1.165, 1.54) is 5.56 Å². The van der Waals surface area contributed by atoms with Crippen LogP contribution in [0.25, 0.3) is 0 Å². The molecule has 0 unspecified atom stereocenters. The Hall–Kier alpha value is -0.380. The third kappa shape index (κ3) is 4.41. The highest BCUT2D eigenvalue weighted by molar-refractivity contribution is 9.10. The number of hydrogen-bond acceptors (Lipinski definition) is 2. The van der Waals surface area contributed by atoms with E-state index in [-0.39, 0.29) is 6.61 Å². The first kappa shape index (κ1) is 10.7. The Morgan fingerprint density at radius 2 is 2.15 bits per heavy atom. The lowest BCUT2D eigenvalue weighted by atomic mass is 10.2. The van der Waals surface area contributed by atoms with E-state index in [1.807, 2.05) is 12.1 Å². The molecule has 1 rings (SSSR count). The zero-order valence-corrected chi connectivity index (χ0v) is 8.96. The van der Waals surface area contributed by atoms with Crippen LogP contribution >= 0.6 is 15.9 Å². The van der Waals surface area contributed by atoms with Gasteiger partial charge in [-0.1, -0.05) is 28.1 Å². The lowest BCUT2D eigenvalue weighted by Gasteiger charge is -2.02. The van der Waals surface area contributed by atoms with Crippen LogP contribution in [0.5, 0.6) is 0 Å². The molecule has 0 bridgehead atoms. The van der Waals surface area contributed by atoms with Crippen molar-refractivity contribution in [2.45, 2.75) is 6.42 Å². The van der Waals surface area contributed by atoms with E-state index in [0.717, 1.165) is 10.9 Å². The molecule has 1 N–H and O–H groups in total. The van der Waals surface area contributed by atoms with Gasteiger partial charge in [0.15, 0.2) is 0 Å². The molecule has 0 aliphatic rings. The Bertz CT molecular complexity index is 250. The summed E-state index contributed by atoms with van der Waals surface area (Å²) >= 11 is 3.40. The number of halogens is 1. The number of benzene rings is 1. The zero-order chi connectivity index (χ0) is 9.52. The van der Waals surface area contributed by atoms with Crippen molar-refractivity contribution in [1.82, 2.24) is 0 Å². The summed E-state index contributed by atoms with van der Waals surface area (Å²) in [4.78, 5) is 0. The lowest BCUT2D eigenvalue weighted by molar-refractivity contribution is 0.0944. The quantitative estimate of drug-likeness (QED) is 0.804. The summed E-state index contributed by atoms with van der Waals surface area (Å²) in [7, 11) is 0. The topological polar surface area (TPSA) is 29.5 Å². The average molecular weight is 245 g/mol. The fourth-order valence-electron chi connectivity index (χ4n) is 1.05. The minimum absolute atomic E-state index is 0.0957. The van der Waals surface area contributed by atoms with Gasteiger partial charge in [-0.3, -0.25) is 0 Å². The first-order valence-corrected chi connectivity index (χ1v) is 5.05. The number of ether oxygens (including phenoxy) is 1. The minimum Gasteiger partial charge on any atom is -0.394 e. The first-order valence-electron chi connectivity index (χ1n) is 4.26. The smallest absolute Gasteiger partial charge is 0.0697 e. The van der Waals surface area contributed by atoms with E-state index in [4.69, 9.17) is 9.84 Å². The summed E-state index contributed by atoms with van der Waals surface area (Å²) in [5, 5.41) is 8.48. The average Bonchev–Trinajstić information content (AvgIpc) is 2.13. The molecule has 0 heterocycles. The van der Waals surface area contributed by atoms with Crippen LogP contribution in [0.3, 0.4) is 0 Å². The maximum Gasteiger partial charge on any atom is 0.0697 e. The molecular formula is C10H13BrO2. The van der Waals surface area contributed by atoms with Crippen molar-refractivity contribution in [1.29, 1.82) is 0 Å². The number of hydrogen-bond donors (Lipinski definition) is 1. The van der Waals surface area contributed by atoms with E-state index in [9.17, 15) is 0 Å². The summed E-state index contributed by atoms with van der Waals surface area (Å²) in [6.07, 6.45) is 0.888. The highest BCUT2D eigenvalue weighted by atomic mass is 79.9. The van der Waals surface area contributed by atoms with Crippen molar-refractivity contribution >= 4 is 15.9 Å². The molecule has 0 atom stereocenters. The van der Waals surface area contributed by atoms with Crippen molar-refractivity contribution in [2.24, 2.45) is 0 Å². The highest BCUT2D eigenvalue weighted by Crippen LogP contribution is 2.11. The fourth-order valence-corrected chi connectivity index (χ4v) is 1.50. The van der Waals surface area contributed by atoms with Gasteiger partial charge in [0.25, 0.3) is 0 Å². The highest BCUT2D eigenvalue weighted by Gasteiger charge is 1.93. The van der Waals surface area contributed by atoms with E-state index in [2.05, 4.69) is 28.1 Å². The molecule has 3 heteroatoms. The van der Waals surface area contributed by atoms with Crippen LogP contribution < -0.4 is 0 Å². The Morgan fingerprint density at radius 3 is 2.85 bits per heavy atom. The van der Waals surface area contributed by atoms with Gasteiger partial charge in [-0.2, -0.15) is 0 Å². The molecule has 1 aromatic rings. The molecule has 1 aromatic carbocycles. The molecule has 0 fully saturated rings. The molecule has 13 heavy (non-hydrogen) atoms. The molecule has 0 aliphatic carbocycles. The van der Waals surface area contributed by atoms with Crippen molar-refractivity contribution in [3.05, 3.63) is 34.3 Å². The number of rotatable bonds is 5. The van der Waals surface area contributed by atoms with Gasteiger partial charge < -0.3 is 9.84 Å². The van der Waals surface area contributed by atoms with Gasteiger partial charge in [0.05, 0.1) is 19.8 Å². The lowest BCUT2D eigenvalue weighted by Crippen LogP contribution is -2.03. The Labute approximate surface area is 86.7 Å². The van der Waals surface area contributed by atoms with Crippen LogP contribution in [0.1, 0.15) is 5.56 Å². The molecule has 0 aliphatic heterocycles. The van der Waals surface area contributed by atoms with Gasteiger partial charge in [-0.15, -0.1) is 0 Å². The van der Waals surface area contributed by atoms with Gasteiger partial charge in [0.2, 0.25) is 0 Å². The van der Waals surface area contributed by atoms with Crippen molar-refractivity contribution in [3.63, 3.8) is 0 Å². The predicted octanol–water partition coefficient (Wildman–Crippen LogP) is 2.00. The molecule has 0 saturated heterocycles. The summed E-state index contributed by atoms with van der Waals surface area (Å²) in [5.74, 6) is 0. The molecule has 2 nitrogen and oxygen atoms in total. The van der Waals surface area contributed by atoms with Crippen LogP contribution in [0.2, 0.25) is 0 Å². The fraction of sp³-hybridized carbons (Fsp3) is 0.400. The molecule has 0 amide bonds. The third-order valence-electron chi connectivity index (χ3n) is 1.66.